The average molecular weight is 332 g/mol. The van der Waals surface area contributed by atoms with Gasteiger partial charge in [-0.1, -0.05) is 48.5 Å². The highest BCUT2D eigenvalue weighted by molar-refractivity contribution is 6.48. The van der Waals surface area contributed by atoms with Gasteiger partial charge in [0.15, 0.2) is 0 Å². The van der Waals surface area contributed by atoms with Crippen LogP contribution in [0.5, 0.6) is 0 Å². The maximum absolute atomic E-state index is 12.3. The molecule has 2 aromatic carbocycles. The number of nitrogens with zero attached hydrogens (tertiary/aromatic N) is 1. The van der Waals surface area contributed by atoms with E-state index < -0.39 is 11.7 Å². The highest BCUT2D eigenvalue weighted by Crippen LogP contribution is 2.33. The second kappa shape index (κ2) is 6.11. The summed E-state index contributed by atoms with van der Waals surface area (Å²) in [5, 5.41) is 16.4. The molecule has 5 heteroatoms. The van der Waals surface area contributed by atoms with Crippen LogP contribution in [-0.4, -0.2) is 26.9 Å². The number of hydrogen-bond donors (Lipinski definition) is 2. The zero-order chi connectivity index (χ0) is 17.4. The number of ketones is 2. The van der Waals surface area contributed by atoms with E-state index in [0.717, 1.165) is 28.1 Å². The average Bonchev–Trinajstić information content (AvgIpc) is 3.22. The number of fused-ring (bicyclic) bond motifs is 1. The predicted octanol–water partition coefficient (Wildman–Crippen LogP) is 2.66. The van der Waals surface area contributed by atoms with Crippen molar-refractivity contribution in [2.45, 2.75) is 18.9 Å². The van der Waals surface area contributed by atoms with Crippen molar-refractivity contribution in [2.75, 3.05) is 0 Å². The molecule has 5 nitrogen and oxygen atoms in total. The van der Waals surface area contributed by atoms with Crippen molar-refractivity contribution in [2.24, 2.45) is 0 Å². The molecule has 1 heterocycles. The Balaban J connectivity index is 1.59. The van der Waals surface area contributed by atoms with Gasteiger partial charge in [0.25, 0.3) is 0 Å². The van der Waals surface area contributed by atoms with Crippen molar-refractivity contribution < 1.29 is 14.7 Å². The third-order valence-electron chi connectivity index (χ3n) is 4.61. The first-order chi connectivity index (χ1) is 12.2. The Morgan fingerprint density at radius 2 is 1.80 bits per heavy atom. The van der Waals surface area contributed by atoms with Gasteiger partial charge in [0.05, 0.1) is 18.2 Å². The van der Waals surface area contributed by atoms with Gasteiger partial charge in [-0.3, -0.25) is 14.7 Å². The molecule has 124 valence electrons. The van der Waals surface area contributed by atoms with Crippen LogP contribution >= 0.6 is 0 Å². The largest absolute Gasteiger partial charge is 0.392 e. The molecule has 0 saturated carbocycles. The summed E-state index contributed by atoms with van der Waals surface area (Å²) in [4.78, 5) is 24.4. The zero-order valence-corrected chi connectivity index (χ0v) is 13.4. The van der Waals surface area contributed by atoms with Gasteiger partial charge in [0, 0.05) is 23.2 Å². The van der Waals surface area contributed by atoms with Gasteiger partial charge in [0.1, 0.15) is 0 Å². The molecule has 1 aliphatic rings. The molecule has 0 aliphatic heterocycles. The molecule has 0 fully saturated rings. The van der Waals surface area contributed by atoms with Crippen molar-refractivity contribution >= 4 is 11.6 Å². The first-order valence-electron chi connectivity index (χ1n) is 8.09. The van der Waals surface area contributed by atoms with Crippen molar-refractivity contribution in [1.29, 1.82) is 0 Å². The van der Waals surface area contributed by atoms with Crippen LogP contribution in [0.25, 0.3) is 11.3 Å². The number of aromatic nitrogens is 2. The topological polar surface area (TPSA) is 83.1 Å². The van der Waals surface area contributed by atoms with Crippen LogP contribution in [-0.2, 0) is 17.8 Å². The fourth-order valence-corrected chi connectivity index (χ4v) is 3.26. The first-order valence-corrected chi connectivity index (χ1v) is 8.09. The van der Waals surface area contributed by atoms with Crippen molar-refractivity contribution in [1.82, 2.24) is 10.2 Å². The molecule has 1 aliphatic carbocycles. The molecular formula is C20H16N2O3. The van der Waals surface area contributed by atoms with Gasteiger partial charge in [-0.2, -0.15) is 5.10 Å². The van der Waals surface area contributed by atoms with Gasteiger partial charge in [-0.05, 0) is 17.2 Å². The fraction of sp³-hybridized carbons (Fsp3) is 0.150. The van der Waals surface area contributed by atoms with Crippen molar-refractivity contribution in [3.63, 3.8) is 0 Å². The minimum atomic E-state index is -0.450. The summed E-state index contributed by atoms with van der Waals surface area (Å²) in [6.07, 6.45) is 0.420. The number of carbonyl (C=O) groups excluding carboxylic acids is 2. The maximum atomic E-state index is 12.3. The van der Waals surface area contributed by atoms with Gasteiger partial charge in [-0.25, -0.2) is 0 Å². The fourth-order valence-electron chi connectivity index (χ4n) is 3.26. The lowest BCUT2D eigenvalue weighted by Crippen LogP contribution is -2.14. The van der Waals surface area contributed by atoms with E-state index in [2.05, 4.69) is 10.2 Å². The Morgan fingerprint density at radius 1 is 1.04 bits per heavy atom. The second-order valence-corrected chi connectivity index (χ2v) is 6.17. The summed E-state index contributed by atoms with van der Waals surface area (Å²) >= 11 is 0. The highest BCUT2D eigenvalue weighted by Gasteiger charge is 2.38. The lowest BCUT2D eigenvalue weighted by Gasteiger charge is -2.07. The number of nitrogens with one attached hydrogen (secondary N) is 1. The normalized spacial score (nSPS) is 16.3. The van der Waals surface area contributed by atoms with Crippen LogP contribution in [0, 0.1) is 0 Å². The number of hydrogen-bond acceptors (Lipinski definition) is 4. The molecule has 0 radical (unpaired) electrons. The molecule has 0 spiro atoms. The van der Waals surface area contributed by atoms with E-state index in [-0.39, 0.29) is 12.4 Å². The minimum absolute atomic E-state index is 0.00330. The summed E-state index contributed by atoms with van der Waals surface area (Å²) in [5.41, 5.74) is 4.64. The Labute approximate surface area is 144 Å². The van der Waals surface area contributed by atoms with Gasteiger partial charge < -0.3 is 5.11 Å². The van der Waals surface area contributed by atoms with Gasteiger partial charge >= 0.3 is 0 Å². The van der Waals surface area contributed by atoms with Gasteiger partial charge in [0.2, 0.25) is 11.6 Å². The number of aliphatic hydroxyl groups is 1. The number of H-pyrrole nitrogens is 1. The molecule has 1 aromatic heterocycles. The second-order valence-electron chi connectivity index (χ2n) is 6.17. The van der Waals surface area contributed by atoms with E-state index >= 15 is 0 Å². The van der Waals surface area contributed by atoms with Crippen LogP contribution in [0.15, 0.2) is 54.6 Å². The van der Waals surface area contributed by atoms with Crippen LogP contribution in [0.3, 0.4) is 0 Å². The van der Waals surface area contributed by atoms with Crippen LogP contribution in [0.4, 0.5) is 0 Å². The summed E-state index contributed by atoms with van der Waals surface area (Å²) in [7, 11) is 0. The maximum Gasteiger partial charge on any atom is 0.229 e. The summed E-state index contributed by atoms with van der Waals surface area (Å²) in [6.45, 7) is 0.00330. The van der Waals surface area contributed by atoms with Crippen LogP contribution in [0.2, 0.25) is 0 Å². The first kappa shape index (κ1) is 15.5. The van der Waals surface area contributed by atoms with Crippen molar-refractivity contribution in [3.05, 3.63) is 77.0 Å². The molecule has 2 N–H and O–H groups in total. The summed E-state index contributed by atoms with van der Waals surface area (Å²) in [6, 6.07) is 16.5. The summed E-state index contributed by atoms with van der Waals surface area (Å²) < 4.78 is 0. The number of Topliss-reactive ketones (excluding diaryl/α,β-unsaturated/α-hetero) is 2. The third-order valence-corrected chi connectivity index (χ3v) is 4.61. The molecule has 25 heavy (non-hydrogen) atoms. The van der Waals surface area contributed by atoms with E-state index in [1.54, 1.807) is 12.1 Å². The van der Waals surface area contributed by atoms with Crippen LogP contribution < -0.4 is 0 Å². The zero-order valence-electron chi connectivity index (χ0n) is 13.4. The third kappa shape index (κ3) is 2.68. The van der Waals surface area contributed by atoms with E-state index in [9.17, 15) is 9.59 Å². The molecule has 0 saturated heterocycles. The minimum Gasteiger partial charge on any atom is -0.392 e. The monoisotopic (exact) mass is 332 g/mol. The Bertz CT molecular complexity index is 957. The van der Waals surface area contributed by atoms with E-state index in [1.165, 1.54) is 0 Å². The molecular weight excluding hydrogens is 316 g/mol. The molecule has 0 amide bonds. The smallest absolute Gasteiger partial charge is 0.229 e. The van der Waals surface area contributed by atoms with E-state index in [0.29, 0.717) is 12.0 Å². The Kier molecular flexibility index (Phi) is 3.78. The van der Waals surface area contributed by atoms with E-state index in [1.807, 2.05) is 42.5 Å². The molecule has 4 rings (SSSR count). The number of carbonyl (C=O) groups is 2. The van der Waals surface area contributed by atoms with Crippen molar-refractivity contribution in [3.8, 4) is 11.3 Å². The molecule has 0 bridgehead atoms. The highest BCUT2D eigenvalue weighted by atomic mass is 16.3. The summed E-state index contributed by atoms with van der Waals surface area (Å²) in [5.74, 6) is -1.21. The lowest BCUT2D eigenvalue weighted by molar-refractivity contribution is -0.115. The predicted molar refractivity (Wildman–Crippen MR) is 92.2 cm³/mol. The molecule has 1 atom stereocenters. The number of benzene rings is 2. The quantitative estimate of drug-likeness (QED) is 0.720. The lowest BCUT2D eigenvalue weighted by atomic mass is 9.95. The number of aliphatic hydroxyl groups excluding tert-OH is 1. The van der Waals surface area contributed by atoms with Crippen LogP contribution in [0.1, 0.15) is 33.1 Å². The standard InChI is InChI=1S/C20H16N2O3/c23-11-12-5-7-13(8-6-12)18-10-14(21-22-18)9-17-15-3-1-2-4-16(15)19(24)20(17)25/h1-8,10,17,23H,9,11H2,(H,21,22). The number of rotatable bonds is 4. The van der Waals surface area contributed by atoms with E-state index in [4.69, 9.17) is 5.11 Å². The van der Waals surface area contributed by atoms with Gasteiger partial charge in [-0.15, -0.1) is 0 Å². The Morgan fingerprint density at radius 3 is 2.56 bits per heavy atom. The molecule has 3 aromatic rings. The Hall–Kier alpha value is -3.05. The molecule has 1 unspecified atom stereocenters. The SMILES string of the molecule is O=C1C(=O)C(Cc2cc(-c3ccc(CO)cc3)n[nH]2)c2ccccc21. The number of aromatic amines is 1.